The van der Waals surface area contributed by atoms with Gasteiger partial charge in [-0.15, -0.1) is 0 Å². The van der Waals surface area contributed by atoms with E-state index in [1.165, 1.54) is 11.3 Å². The molecule has 1 aromatic carbocycles. The molecule has 0 unspecified atom stereocenters. The summed E-state index contributed by atoms with van der Waals surface area (Å²) in [5, 5.41) is 4.51. The Kier molecular flexibility index (Phi) is 4.19. The smallest absolute Gasteiger partial charge is 0.0660 e. The highest BCUT2D eigenvalue weighted by Gasteiger charge is 2.14. The van der Waals surface area contributed by atoms with Crippen molar-refractivity contribution in [2.75, 3.05) is 6.54 Å². The summed E-state index contributed by atoms with van der Waals surface area (Å²) >= 11 is 3.50. The van der Waals surface area contributed by atoms with Crippen LogP contribution in [0.1, 0.15) is 31.0 Å². The highest BCUT2D eigenvalue weighted by atomic mass is 79.9. The van der Waals surface area contributed by atoms with E-state index in [1.807, 2.05) is 23.0 Å². The van der Waals surface area contributed by atoms with E-state index in [0.717, 1.165) is 16.6 Å². The van der Waals surface area contributed by atoms with E-state index in [0.29, 0.717) is 12.5 Å². The number of hydrogen-bond donors (Lipinski definition) is 1. The zero-order chi connectivity index (χ0) is 13.1. The fourth-order valence-electron chi connectivity index (χ4n) is 2.17. The monoisotopic (exact) mass is 307 g/mol. The number of hydrogen-bond acceptors (Lipinski definition) is 2. The van der Waals surface area contributed by atoms with E-state index >= 15 is 0 Å². The van der Waals surface area contributed by atoms with Gasteiger partial charge in [-0.05, 0) is 42.6 Å². The lowest BCUT2D eigenvalue weighted by Crippen LogP contribution is -2.08. The van der Waals surface area contributed by atoms with Gasteiger partial charge in [-0.1, -0.05) is 35.8 Å². The fraction of sp³-hybridized carbons (Fsp3) is 0.357. The zero-order valence-corrected chi connectivity index (χ0v) is 12.3. The third kappa shape index (κ3) is 2.65. The molecule has 18 heavy (non-hydrogen) atoms. The molecule has 0 aliphatic heterocycles. The second-order valence-electron chi connectivity index (χ2n) is 4.64. The van der Waals surface area contributed by atoms with Crippen LogP contribution in [0, 0.1) is 0 Å². The fourth-order valence-corrected chi connectivity index (χ4v) is 2.56. The van der Waals surface area contributed by atoms with E-state index in [9.17, 15) is 0 Å². The van der Waals surface area contributed by atoms with Gasteiger partial charge in [0.1, 0.15) is 0 Å². The molecule has 2 N–H and O–H groups in total. The summed E-state index contributed by atoms with van der Waals surface area (Å²) < 4.78 is 3.08. The van der Waals surface area contributed by atoms with Crippen molar-refractivity contribution in [2.24, 2.45) is 5.73 Å². The first-order valence-electron chi connectivity index (χ1n) is 6.16. The first kappa shape index (κ1) is 13.3. The normalized spacial score (nSPS) is 11.2. The van der Waals surface area contributed by atoms with Crippen LogP contribution in [0.3, 0.4) is 0 Å². The molecule has 0 amide bonds. The molecule has 3 nitrogen and oxygen atoms in total. The number of aromatic nitrogens is 2. The van der Waals surface area contributed by atoms with Gasteiger partial charge in [0.2, 0.25) is 0 Å². The Labute approximate surface area is 116 Å². The van der Waals surface area contributed by atoms with E-state index in [4.69, 9.17) is 5.73 Å². The Morgan fingerprint density at radius 1 is 1.39 bits per heavy atom. The molecule has 0 fully saturated rings. The van der Waals surface area contributed by atoms with Gasteiger partial charge in [-0.2, -0.15) is 5.10 Å². The molecule has 0 saturated heterocycles. The topological polar surface area (TPSA) is 43.8 Å². The number of nitrogens with two attached hydrogens (primary N) is 1. The number of halogens is 1. The largest absolute Gasteiger partial charge is 0.330 e. The molecule has 0 aliphatic carbocycles. The average molecular weight is 308 g/mol. The minimum Gasteiger partial charge on any atom is -0.330 e. The maximum absolute atomic E-state index is 5.66. The minimum absolute atomic E-state index is 0.424. The molecule has 0 radical (unpaired) electrons. The standard InChI is InChI=1S/C14H18BrN3/c1-10(2)14-11(6-7-16)9-17-18(14)13-5-3-4-12(15)8-13/h3-5,8-10H,6-7,16H2,1-2H3. The average Bonchev–Trinajstić information content (AvgIpc) is 2.73. The van der Waals surface area contributed by atoms with Crippen LogP contribution < -0.4 is 5.73 Å². The highest BCUT2D eigenvalue weighted by molar-refractivity contribution is 9.10. The molecule has 0 saturated carbocycles. The SMILES string of the molecule is CC(C)c1c(CCN)cnn1-c1cccc(Br)c1. The van der Waals surface area contributed by atoms with Gasteiger partial charge >= 0.3 is 0 Å². The summed E-state index contributed by atoms with van der Waals surface area (Å²) in [6, 6.07) is 8.18. The molecular formula is C14H18BrN3. The predicted molar refractivity (Wildman–Crippen MR) is 78.1 cm³/mol. The van der Waals surface area contributed by atoms with Crippen molar-refractivity contribution in [3.63, 3.8) is 0 Å². The molecule has 1 aromatic heterocycles. The number of nitrogens with zero attached hydrogens (tertiary/aromatic N) is 2. The second kappa shape index (κ2) is 5.67. The van der Waals surface area contributed by atoms with Crippen LogP contribution in [-0.2, 0) is 6.42 Å². The lowest BCUT2D eigenvalue weighted by Gasteiger charge is -2.13. The summed E-state index contributed by atoms with van der Waals surface area (Å²) in [4.78, 5) is 0. The quantitative estimate of drug-likeness (QED) is 0.942. The van der Waals surface area contributed by atoms with Gasteiger partial charge < -0.3 is 5.73 Å². The van der Waals surface area contributed by atoms with Crippen molar-refractivity contribution >= 4 is 15.9 Å². The first-order valence-corrected chi connectivity index (χ1v) is 6.95. The van der Waals surface area contributed by atoms with E-state index in [-0.39, 0.29) is 0 Å². The van der Waals surface area contributed by atoms with Crippen molar-refractivity contribution in [1.82, 2.24) is 9.78 Å². The Morgan fingerprint density at radius 2 is 2.17 bits per heavy atom. The second-order valence-corrected chi connectivity index (χ2v) is 5.56. The van der Waals surface area contributed by atoms with Crippen LogP contribution in [0.15, 0.2) is 34.9 Å². The molecule has 2 rings (SSSR count). The predicted octanol–water partition coefficient (Wildman–Crippen LogP) is 3.26. The maximum atomic E-state index is 5.66. The van der Waals surface area contributed by atoms with E-state index in [2.05, 4.69) is 47.0 Å². The lowest BCUT2D eigenvalue weighted by molar-refractivity contribution is 0.724. The van der Waals surface area contributed by atoms with Gasteiger partial charge in [0.15, 0.2) is 0 Å². The minimum atomic E-state index is 0.424. The summed E-state index contributed by atoms with van der Waals surface area (Å²) in [5.74, 6) is 0.424. The summed E-state index contributed by atoms with van der Waals surface area (Å²) in [6.07, 6.45) is 2.81. The Balaban J connectivity index is 2.50. The maximum Gasteiger partial charge on any atom is 0.0660 e. The molecule has 0 atom stereocenters. The van der Waals surface area contributed by atoms with Crippen LogP contribution >= 0.6 is 15.9 Å². The molecule has 96 valence electrons. The van der Waals surface area contributed by atoms with Crippen molar-refractivity contribution < 1.29 is 0 Å². The number of benzene rings is 1. The van der Waals surface area contributed by atoms with Crippen LogP contribution in [0.5, 0.6) is 0 Å². The Morgan fingerprint density at radius 3 is 2.78 bits per heavy atom. The molecule has 1 heterocycles. The van der Waals surface area contributed by atoms with Crippen molar-refractivity contribution in [2.45, 2.75) is 26.2 Å². The molecule has 0 bridgehead atoms. The highest BCUT2D eigenvalue weighted by Crippen LogP contribution is 2.24. The van der Waals surface area contributed by atoms with Gasteiger partial charge in [0.05, 0.1) is 17.6 Å². The molecular weight excluding hydrogens is 290 g/mol. The van der Waals surface area contributed by atoms with E-state index in [1.54, 1.807) is 0 Å². The zero-order valence-electron chi connectivity index (χ0n) is 10.7. The van der Waals surface area contributed by atoms with Gasteiger partial charge in [0.25, 0.3) is 0 Å². The van der Waals surface area contributed by atoms with Gasteiger partial charge in [0, 0.05) is 4.47 Å². The molecule has 0 aliphatic rings. The lowest BCUT2D eigenvalue weighted by atomic mass is 10.0. The first-order chi connectivity index (χ1) is 8.63. The summed E-state index contributed by atoms with van der Waals surface area (Å²) in [7, 11) is 0. The van der Waals surface area contributed by atoms with Crippen molar-refractivity contribution in [3.8, 4) is 5.69 Å². The van der Waals surface area contributed by atoms with Crippen LogP contribution in [0.2, 0.25) is 0 Å². The third-order valence-corrected chi connectivity index (χ3v) is 3.39. The summed E-state index contributed by atoms with van der Waals surface area (Å²) in [6.45, 7) is 5.03. The van der Waals surface area contributed by atoms with E-state index < -0.39 is 0 Å². The summed E-state index contributed by atoms with van der Waals surface area (Å²) in [5.41, 5.74) is 9.23. The van der Waals surface area contributed by atoms with Gasteiger partial charge in [-0.3, -0.25) is 0 Å². The third-order valence-electron chi connectivity index (χ3n) is 2.90. The molecule has 2 aromatic rings. The van der Waals surface area contributed by atoms with Crippen LogP contribution in [0.4, 0.5) is 0 Å². The van der Waals surface area contributed by atoms with Crippen LogP contribution in [0.25, 0.3) is 5.69 Å². The Hall–Kier alpha value is -1.13. The van der Waals surface area contributed by atoms with Gasteiger partial charge in [-0.25, -0.2) is 4.68 Å². The molecule has 4 heteroatoms. The number of rotatable bonds is 4. The molecule has 0 spiro atoms. The Bertz CT molecular complexity index is 532. The van der Waals surface area contributed by atoms with Crippen molar-refractivity contribution in [1.29, 1.82) is 0 Å². The van der Waals surface area contributed by atoms with Crippen molar-refractivity contribution in [3.05, 3.63) is 46.2 Å². The van der Waals surface area contributed by atoms with Crippen LogP contribution in [-0.4, -0.2) is 16.3 Å².